The molecule has 20 heavy (non-hydrogen) atoms. The zero-order chi connectivity index (χ0) is 14.1. The second-order valence-corrected chi connectivity index (χ2v) is 5.97. The van der Waals surface area contributed by atoms with E-state index >= 15 is 0 Å². The lowest BCUT2D eigenvalue weighted by molar-refractivity contribution is 0.0716. The van der Waals surface area contributed by atoms with Crippen LogP contribution in [-0.4, -0.2) is 45.8 Å². The van der Waals surface area contributed by atoms with E-state index in [1.807, 2.05) is 24.6 Å². The first kappa shape index (κ1) is 13.6. The van der Waals surface area contributed by atoms with E-state index in [9.17, 15) is 4.79 Å². The third kappa shape index (κ3) is 2.73. The Balaban J connectivity index is 1.77. The fraction of sp³-hybridized carbons (Fsp3) is 0.733. The summed E-state index contributed by atoms with van der Waals surface area (Å²) in [5.74, 6) is 0.156. The zero-order valence-electron chi connectivity index (χ0n) is 12.4. The normalized spacial score (nSPS) is 22.2. The minimum atomic E-state index is 0.156. The van der Waals surface area contributed by atoms with Crippen molar-refractivity contribution in [2.24, 2.45) is 0 Å². The fourth-order valence-electron chi connectivity index (χ4n) is 3.04. The molecule has 0 spiro atoms. The Morgan fingerprint density at radius 2 is 2.30 bits per heavy atom. The molecule has 1 N–H and O–H groups in total. The van der Waals surface area contributed by atoms with Gasteiger partial charge in [0.05, 0.1) is 5.69 Å². The van der Waals surface area contributed by atoms with E-state index in [1.54, 1.807) is 0 Å². The van der Waals surface area contributed by atoms with Crippen molar-refractivity contribution in [1.82, 2.24) is 20.0 Å². The van der Waals surface area contributed by atoms with Crippen molar-refractivity contribution in [3.63, 3.8) is 0 Å². The molecule has 1 aromatic heterocycles. The summed E-state index contributed by atoms with van der Waals surface area (Å²) in [6.07, 6.45) is 4.71. The highest BCUT2D eigenvalue weighted by Gasteiger charge is 2.36. The number of hydrogen-bond donors (Lipinski definition) is 1. The summed E-state index contributed by atoms with van der Waals surface area (Å²) >= 11 is 0. The van der Waals surface area contributed by atoms with Crippen LogP contribution in [0, 0.1) is 6.92 Å². The van der Waals surface area contributed by atoms with Gasteiger partial charge in [-0.15, -0.1) is 0 Å². The molecule has 1 saturated carbocycles. The molecule has 1 atom stereocenters. The molecule has 5 heteroatoms. The number of carbonyl (C=O) groups excluding carboxylic acids is 1. The maximum atomic E-state index is 12.8. The monoisotopic (exact) mass is 276 g/mol. The number of carbonyl (C=O) groups is 1. The quantitative estimate of drug-likeness (QED) is 0.888. The van der Waals surface area contributed by atoms with Gasteiger partial charge in [0.2, 0.25) is 0 Å². The number of nitrogens with zero attached hydrogens (tertiary/aromatic N) is 3. The van der Waals surface area contributed by atoms with Crippen molar-refractivity contribution in [3.05, 3.63) is 17.5 Å². The van der Waals surface area contributed by atoms with Crippen LogP contribution in [0.4, 0.5) is 0 Å². The molecule has 0 aromatic carbocycles. The maximum Gasteiger partial charge on any atom is 0.272 e. The lowest BCUT2D eigenvalue weighted by Gasteiger charge is -2.26. The topological polar surface area (TPSA) is 50.2 Å². The standard InChI is InChI=1S/C15H24N4O/c1-3-19-14(9-11(2)17-19)15(20)18(13-6-7-13)10-12-5-4-8-16-12/h9,12-13,16H,3-8,10H2,1-2H3. The molecule has 0 bridgehead atoms. The zero-order valence-corrected chi connectivity index (χ0v) is 12.4. The number of nitrogens with one attached hydrogen (secondary N) is 1. The van der Waals surface area contributed by atoms with Crippen molar-refractivity contribution < 1.29 is 4.79 Å². The summed E-state index contributed by atoms with van der Waals surface area (Å²) in [6.45, 7) is 6.65. The Morgan fingerprint density at radius 1 is 1.50 bits per heavy atom. The van der Waals surface area contributed by atoms with Gasteiger partial charge in [0.25, 0.3) is 5.91 Å². The molecule has 3 rings (SSSR count). The molecule has 1 saturated heterocycles. The van der Waals surface area contributed by atoms with Crippen LogP contribution in [-0.2, 0) is 6.54 Å². The average molecular weight is 276 g/mol. The molecule has 2 fully saturated rings. The minimum absolute atomic E-state index is 0.156. The van der Waals surface area contributed by atoms with Crippen LogP contribution in [0.25, 0.3) is 0 Å². The maximum absolute atomic E-state index is 12.8. The summed E-state index contributed by atoms with van der Waals surface area (Å²) < 4.78 is 1.83. The Bertz CT molecular complexity index is 486. The lowest BCUT2D eigenvalue weighted by Crippen LogP contribution is -2.43. The first-order valence-electron chi connectivity index (χ1n) is 7.78. The predicted octanol–water partition coefficient (Wildman–Crippen LogP) is 1.57. The summed E-state index contributed by atoms with van der Waals surface area (Å²) in [5.41, 5.74) is 1.67. The highest BCUT2D eigenvalue weighted by atomic mass is 16.2. The van der Waals surface area contributed by atoms with Crippen LogP contribution in [0.1, 0.15) is 48.8 Å². The van der Waals surface area contributed by atoms with Crippen LogP contribution >= 0.6 is 0 Å². The van der Waals surface area contributed by atoms with Gasteiger partial charge in [-0.1, -0.05) is 0 Å². The second kappa shape index (κ2) is 5.56. The van der Waals surface area contributed by atoms with Crippen molar-refractivity contribution >= 4 is 5.91 Å². The summed E-state index contributed by atoms with van der Waals surface area (Å²) in [7, 11) is 0. The van der Waals surface area contributed by atoms with Gasteiger partial charge < -0.3 is 10.2 Å². The predicted molar refractivity (Wildman–Crippen MR) is 77.7 cm³/mol. The van der Waals surface area contributed by atoms with E-state index in [1.165, 1.54) is 12.8 Å². The van der Waals surface area contributed by atoms with Crippen LogP contribution < -0.4 is 5.32 Å². The van der Waals surface area contributed by atoms with Gasteiger partial charge in [-0.05, 0) is 52.1 Å². The molecule has 1 amide bonds. The Kier molecular flexibility index (Phi) is 3.78. The van der Waals surface area contributed by atoms with Gasteiger partial charge >= 0.3 is 0 Å². The van der Waals surface area contributed by atoms with Crippen LogP contribution in [0.5, 0.6) is 0 Å². The largest absolute Gasteiger partial charge is 0.333 e. The van der Waals surface area contributed by atoms with Crippen molar-refractivity contribution in [1.29, 1.82) is 0 Å². The molecule has 2 aliphatic rings. The smallest absolute Gasteiger partial charge is 0.272 e. The molecule has 2 heterocycles. The highest BCUT2D eigenvalue weighted by molar-refractivity contribution is 5.93. The molecule has 1 unspecified atom stereocenters. The van der Waals surface area contributed by atoms with Crippen molar-refractivity contribution in [2.75, 3.05) is 13.1 Å². The van der Waals surface area contributed by atoms with E-state index in [0.717, 1.165) is 43.9 Å². The minimum Gasteiger partial charge on any atom is -0.333 e. The first-order chi connectivity index (χ1) is 9.69. The Hall–Kier alpha value is -1.36. The number of rotatable bonds is 5. The van der Waals surface area contributed by atoms with Gasteiger partial charge in [-0.25, -0.2) is 0 Å². The van der Waals surface area contributed by atoms with Crippen LogP contribution in [0.3, 0.4) is 0 Å². The molecular formula is C15H24N4O. The van der Waals surface area contributed by atoms with E-state index < -0.39 is 0 Å². The van der Waals surface area contributed by atoms with Gasteiger partial charge in [0.15, 0.2) is 0 Å². The molecule has 110 valence electrons. The number of aromatic nitrogens is 2. The molecule has 0 radical (unpaired) electrons. The van der Waals surface area contributed by atoms with E-state index in [-0.39, 0.29) is 5.91 Å². The molecule has 1 aliphatic carbocycles. The first-order valence-corrected chi connectivity index (χ1v) is 7.78. The third-order valence-corrected chi connectivity index (χ3v) is 4.25. The SMILES string of the molecule is CCn1nc(C)cc1C(=O)N(CC1CCCN1)C1CC1. The van der Waals surface area contributed by atoms with Crippen molar-refractivity contribution in [3.8, 4) is 0 Å². The molecule has 5 nitrogen and oxygen atoms in total. The van der Waals surface area contributed by atoms with Crippen LogP contribution in [0.15, 0.2) is 6.07 Å². The summed E-state index contributed by atoms with van der Waals surface area (Å²) in [5, 5.41) is 7.89. The summed E-state index contributed by atoms with van der Waals surface area (Å²) in [4.78, 5) is 14.9. The van der Waals surface area contributed by atoms with Gasteiger partial charge in [0, 0.05) is 25.2 Å². The second-order valence-electron chi connectivity index (χ2n) is 5.97. The summed E-state index contributed by atoms with van der Waals surface area (Å²) in [6, 6.07) is 2.84. The van der Waals surface area contributed by atoms with Gasteiger partial charge in [0.1, 0.15) is 5.69 Å². The molecule has 1 aliphatic heterocycles. The number of hydrogen-bond acceptors (Lipinski definition) is 3. The lowest BCUT2D eigenvalue weighted by atomic mass is 10.2. The third-order valence-electron chi connectivity index (χ3n) is 4.25. The Morgan fingerprint density at radius 3 is 2.90 bits per heavy atom. The van der Waals surface area contributed by atoms with E-state index in [4.69, 9.17) is 0 Å². The van der Waals surface area contributed by atoms with Crippen molar-refractivity contribution in [2.45, 2.75) is 58.2 Å². The number of amides is 1. The van der Waals surface area contributed by atoms with Crippen LogP contribution in [0.2, 0.25) is 0 Å². The van der Waals surface area contributed by atoms with Gasteiger partial charge in [-0.3, -0.25) is 9.48 Å². The van der Waals surface area contributed by atoms with E-state index in [0.29, 0.717) is 12.1 Å². The average Bonchev–Trinajstić information content (AvgIpc) is 3.01. The number of aryl methyl sites for hydroxylation is 2. The Labute approximate surface area is 120 Å². The van der Waals surface area contributed by atoms with E-state index in [2.05, 4.69) is 15.3 Å². The highest BCUT2D eigenvalue weighted by Crippen LogP contribution is 2.29. The fourth-order valence-corrected chi connectivity index (χ4v) is 3.04. The van der Waals surface area contributed by atoms with Gasteiger partial charge in [-0.2, -0.15) is 5.10 Å². The molecule has 1 aromatic rings. The molecular weight excluding hydrogens is 252 g/mol.